The molecule has 0 radical (unpaired) electrons. The van der Waals surface area contributed by atoms with E-state index < -0.39 is 22.9 Å². The number of hydrogen-bond donors (Lipinski definition) is 0. The molecule has 1 aromatic rings. The molecule has 1 aliphatic heterocycles. The van der Waals surface area contributed by atoms with Gasteiger partial charge in [-0.2, -0.15) is 5.26 Å². The van der Waals surface area contributed by atoms with Crippen LogP contribution in [0.4, 0.5) is 8.78 Å². The number of ether oxygens (including phenoxy) is 1. The Kier molecular flexibility index (Phi) is 4.43. The highest BCUT2D eigenvalue weighted by atomic mass is 35.5. The highest BCUT2D eigenvalue weighted by Gasteiger charge is 2.30. The lowest BCUT2D eigenvalue weighted by atomic mass is 10.0. The maximum Gasteiger partial charge on any atom is 0.245 e. The van der Waals surface area contributed by atoms with E-state index in [1.807, 2.05) is 0 Å². The Morgan fingerprint density at radius 2 is 2.10 bits per heavy atom. The Morgan fingerprint density at radius 3 is 2.67 bits per heavy atom. The highest BCUT2D eigenvalue weighted by molar-refractivity contribution is 6.31. The molecule has 1 heterocycles. The minimum Gasteiger partial charge on any atom is -0.479 e. The van der Waals surface area contributed by atoms with Gasteiger partial charge in [0.25, 0.3) is 0 Å². The monoisotopic (exact) mass is 312 g/mol. The van der Waals surface area contributed by atoms with E-state index in [4.69, 9.17) is 21.6 Å². The second-order valence-electron chi connectivity index (χ2n) is 4.40. The summed E-state index contributed by atoms with van der Waals surface area (Å²) in [5, 5.41) is 7.65. The number of carbonyl (C=O) groups is 1. The van der Waals surface area contributed by atoms with E-state index in [9.17, 15) is 13.6 Å². The van der Waals surface area contributed by atoms with Crippen LogP contribution in [0, 0.1) is 23.0 Å². The first-order chi connectivity index (χ1) is 9.95. The smallest absolute Gasteiger partial charge is 0.245 e. The van der Waals surface area contributed by atoms with Crippen molar-refractivity contribution >= 4 is 23.2 Å². The third kappa shape index (κ3) is 2.98. The number of carbonyl (C=O) groups excluding carboxylic acids is 1. The standard InChI is InChI=1S/C14H11ClF2N2O2/c1-19-12(3-2-9(15)14(19)20)13-10(16)6-8(7-11(13)17)21-5-4-18/h3,6-7,9H,2,5H2,1H3. The molecule has 0 bridgehead atoms. The number of halogens is 3. The van der Waals surface area contributed by atoms with Gasteiger partial charge in [0.1, 0.15) is 28.8 Å². The molecule has 4 nitrogen and oxygen atoms in total. The molecule has 0 aromatic heterocycles. The molecule has 1 amide bonds. The van der Waals surface area contributed by atoms with Crippen LogP contribution in [0.5, 0.6) is 5.75 Å². The second-order valence-corrected chi connectivity index (χ2v) is 4.93. The molecule has 0 N–H and O–H groups in total. The van der Waals surface area contributed by atoms with Gasteiger partial charge in [0.15, 0.2) is 6.61 Å². The van der Waals surface area contributed by atoms with E-state index in [0.717, 1.165) is 17.0 Å². The molecule has 1 unspecified atom stereocenters. The fraction of sp³-hybridized carbons (Fsp3) is 0.286. The first-order valence-electron chi connectivity index (χ1n) is 6.06. The summed E-state index contributed by atoms with van der Waals surface area (Å²) in [6, 6.07) is 3.65. The summed E-state index contributed by atoms with van der Waals surface area (Å²) >= 11 is 5.80. The highest BCUT2D eigenvalue weighted by Crippen LogP contribution is 2.32. The SMILES string of the molecule is CN1C(=O)C(Cl)CC=C1c1c(F)cc(OCC#N)cc1F. The normalized spacial score (nSPS) is 18.2. The lowest BCUT2D eigenvalue weighted by Gasteiger charge is -2.28. The summed E-state index contributed by atoms with van der Waals surface area (Å²) in [5.74, 6) is -2.25. The van der Waals surface area contributed by atoms with Crippen molar-refractivity contribution in [1.82, 2.24) is 4.90 Å². The van der Waals surface area contributed by atoms with E-state index in [0.29, 0.717) is 0 Å². The third-order valence-corrected chi connectivity index (χ3v) is 3.42. The molecule has 0 spiro atoms. The number of allylic oxidation sites excluding steroid dienone is 1. The Hall–Kier alpha value is -2.13. The van der Waals surface area contributed by atoms with Crippen LogP contribution >= 0.6 is 11.6 Å². The van der Waals surface area contributed by atoms with E-state index in [1.165, 1.54) is 13.1 Å². The minimum atomic E-state index is -0.873. The first kappa shape index (κ1) is 15.3. The van der Waals surface area contributed by atoms with Crippen LogP contribution in [0.1, 0.15) is 12.0 Å². The lowest BCUT2D eigenvalue weighted by Crippen LogP contribution is -2.36. The maximum absolute atomic E-state index is 14.1. The van der Waals surface area contributed by atoms with Gasteiger partial charge in [-0.05, 0) is 6.42 Å². The molecular weight excluding hydrogens is 302 g/mol. The topological polar surface area (TPSA) is 53.3 Å². The summed E-state index contributed by atoms with van der Waals surface area (Å²) in [4.78, 5) is 12.9. The fourth-order valence-corrected chi connectivity index (χ4v) is 2.28. The molecule has 0 saturated carbocycles. The number of alkyl halides is 1. The molecule has 1 aromatic carbocycles. The second kappa shape index (κ2) is 6.10. The van der Waals surface area contributed by atoms with Gasteiger partial charge in [0.05, 0.1) is 11.3 Å². The van der Waals surface area contributed by atoms with Crippen molar-refractivity contribution in [2.45, 2.75) is 11.8 Å². The molecule has 7 heteroatoms. The molecule has 1 aliphatic rings. The van der Waals surface area contributed by atoms with Gasteiger partial charge in [-0.1, -0.05) is 6.08 Å². The lowest BCUT2D eigenvalue weighted by molar-refractivity contribution is -0.126. The first-order valence-corrected chi connectivity index (χ1v) is 6.50. The van der Waals surface area contributed by atoms with Crippen LogP contribution in [0.3, 0.4) is 0 Å². The summed E-state index contributed by atoms with van der Waals surface area (Å²) in [7, 11) is 1.40. The van der Waals surface area contributed by atoms with Gasteiger partial charge in [-0.15, -0.1) is 11.6 Å². The number of nitrogens with zero attached hydrogens (tertiary/aromatic N) is 2. The van der Waals surface area contributed by atoms with E-state index in [1.54, 1.807) is 6.07 Å². The summed E-state index contributed by atoms with van der Waals surface area (Å²) in [5.41, 5.74) is -0.197. The Bertz CT molecular complexity index is 632. The molecule has 0 fully saturated rings. The number of hydrogen-bond acceptors (Lipinski definition) is 3. The molecule has 2 rings (SSSR count). The average Bonchev–Trinajstić information content (AvgIpc) is 2.44. The molecule has 21 heavy (non-hydrogen) atoms. The van der Waals surface area contributed by atoms with Crippen LogP contribution in [0.15, 0.2) is 18.2 Å². The van der Waals surface area contributed by atoms with E-state index in [-0.39, 0.29) is 30.0 Å². The summed E-state index contributed by atoms with van der Waals surface area (Å²) in [6.45, 7) is -0.312. The largest absolute Gasteiger partial charge is 0.479 e. The zero-order chi connectivity index (χ0) is 15.6. The van der Waals surface area contributed by atoms with Crippen molar-refractivity contribution in [3.8, 4) is 11.8 Å². The quantitative estimate of drug-likeness (QED) is 0.806. The van der Waals surface area contributed by atoms with E-state index in [2.05, 4.69) is 0 Å². The van der Waals surface area contributed by atoms with Crippen molar-refractivity contribution < 1.29 is 18.3 Å². The predicted molar refractivity (Wildman–Crippen MR) is 72.5 cm³/mol. The number of benzene rings is 1. The van der Waals surface area contributed by atoms with Crippen molar-refractivity contribution in [2.75, 3.05) is 13.7 Å². The molecular formula is C14H11ClF2N2O2. The van der Waals surface area contributed by atoms with Gasteiger partial charge < -0.3 is 9.64 Å². The molecule has 110 valence electrons. The average molecular weight is 313 g/mol. The zero-order valence-corrected chi connectivity index (χ0v) is 11.8. The molecule has 1 atom stereocenters. The van der Waals surface area contributed by atoms with E-state index >= 15 is 0 Å². The van der Waals surface area contributed by atoms with Gasteiger partial charge in [-0.25, -0.2) is 8.78 Å². The van der Waals surface area contributed by atoms with Crippen LogP contribution in [-0.4, -0.2) is 29.8 Å². The summed E-state index contributed by atoms with van der Waals surface area (Å²) < 4.78 is 33.1. The van der Waals surface area contributed by atoms with Gasteiger partial charge >= 0.3 is 0 Å². The number of rotatable bonds is 3. The maximum atomic E-state index is 14.1. The zero-order valence-electron chi connectivity index (χ0n) is 11.1. The van der Waals surface area contributed by atoms with Crippen molar-refractivity contribution in [2.24, 2.45) is 0 Å². The summed E-state index contributed by atoms with van der Waals surface area (Å²) in [6.07, 6.45) is 1.71. The Labute approximate surface area is 125 Å². The van der Waals surface area contributed by atoms with Crippen LogP contribution < -0.4 is 4.74 Å². The van der Waals surface area contributed by atoms with Crippen molar-refractivity contribution in [3.05, 3.63) is 35.4 Å². The third-order valence-electron chi connectivity index (χ3n) is 3.05. The van der Waals surface area contributed by atoms with Crippen LogP contribution in [0.2, 0.25) is 0 Å². The van der Waals surface area contributed by atoms with Crippen molar-refractivity contribution in [3.63, 3.8) is 0 Å². The number of nitriles is 1. The minimum absolute atomic E-state index is 0.0871. The molecule has 0 saturated heterocycles. The predicted octanol–water partition coefficient (Wildman–Crippen LogP) is 2.68. The van der Waals surface area contributed by atoms with Gasteiger partial charge in [0, 0.05) is 19.2 Å². The fourth-order valence-electron chi connectivity index (χ4n) is 2.04. The van der Waals surface area contributed by atoms with Crippen molar-refractivity contribution in [1.29, 1.82) is 5.26 Å². The van der Waals surface area contributed by atoms with Gasteiger partial charge in [0.2, 0.25) is 5.91 Å². The number of amides is 1. The Morgan fingerprint density at radius 1 is 1.48 bits per heavy atom. The van der Waals surface area contributed by atoms with Gasteiger partial charge in [-0.3, -0.25) is 4.79 Å². The Balaban J connectivity index is 2.41. The molecule has 0 aliphatic carbocycles. The van der Waals surface area contributed by atoms with Crippen LogP contribution in [-0.2, 0) is 4.79 Å². The van der Waals surface area contributed by atoms with Crippen LogP contribution in [0.25, 0.3) is 5.70 Å².